The number of carbonyl (C=O) groups excluding carboxylic acids is 3. The van der Waals surface area contributed by atoms with Crippen molar-refractivity contribution in [2.24, 2.45) is 0 Å². The number of hydrogen-bond donors (Lipinski definition) is 3. The molecule has 0 unspecified atom stereocenters. The highest BCUT2D eigenvalue weighted by Gasteiger charge is 2.19. The molecule has 23 heavy (non-hydrogen) atoms. The van der Waals surface area contributed by atoms with Crippen LogP contribution < -0.4 is 10.6 Å². The summed E-state index contributed by atoms with van der Waals surface area (Å²) in [5, 5.41) is 15.6. The molecule has 120 valence electrons. The van der Waals surface area contributed by atoms with Gasteiger partial charge in [0.15, 0.2) is 0 Å². The molecule has 2 aromatic heterocycles. The van der Waals surface area contributed by atoms with Gasteiger partial charge in [0.1, 0.15) is 17.0 Å². The van der Waals surface area contributed by atoms with Gasteiger partial charge in [-0.15, -0.1) is 11.3 Å². The first-order valence-corrected chi connectivity index (χ1v) is 7.27. The van der Waals surface area contributed by atoms with Crippen molar-refractivity contribution in [3.8, 4) is 5.88 Å². The molecular weight excluding hydrogens is 324 g/mol. The third-order valence-electron chi connectivity index (χ3n) is 2.51. The zero-order valence-electron chi connectivity index (χ0n) is 11.9. The number of anilines is 1. The van der Waals surface area contributed by atoms with Crippen LogP contribution in [0.3, 0.4) is 0 Å². The van der Waals surface area contributed by atoms with Crippen molar-refractivity contribution in [1.29, 1.82) is 0 Å². The number of ether oxygens (including phenoxy) is 1. The summed E-state index contributed by atoms with van der Waals surface area (Å²) >= 11 is 1.09. The molecule has 0 aliphatic heterocycles. The van der Waals surface area contributed by atoms with Crippen LogP contribution in [0.5, 0.6) is 5.88 Å². The van der Waals surface area contributed by atoms with E-state index in [1.54, 1.807) is 12.3 Å². The highest BCUT2D eigenvalue weighted by molar-refractivity contribution is 7.14. The second kappa shape index (κ2) is 7.31. The maximum Gasteiger partial charge on any atom is 0.414 e. The summed E-state index contributed by atoms with van der Waals surface area (Å²) in [5.74, 6) is -1.68. The fourth-order valence-electron chi connectivity index (χ4n) is 1.55. The van der Waals surface area contributed by atoms with Gasteiger partial charge in [0.2, 0.25) is 5.88 Å². The largest absolute Gasteiger partial charge is 0.493 e. The monoisotopic (exact) mass is 336 g/mol. The van der Waals surface area contributed by atoms with E-state index >= 15 is 0 Å². The van der Waals surface area contributed by atoms with Gasteiger partial charge in [0, 0.05) is 6.07 Å². The molecule has 0 spiro atoms. The lowest BCUT2D eigenvalue weighted by atomic mass is 10.3. The van der Waals surface area contributed by atoms with Crippen LogP contribution >= 0.6 is 11.3 Å². The lowest BCUT2D eigenvalue weighted by molar-refractivity contribution is 0.0926. The Balaban J connectivity index is 2.10. The Hall–Kier alpha value is -3.01. The third-order valence-corrected chi connectivity index (χ3v) is 3.34. The van der Waals surface area contributed by atoms with E-state index in [9.17, 15) is 19.5 Å². The van der Waals surface area contributed by atoms with Crippen LogP contribution in [-0.4, -0.2) is 39.6 Å². The third kappa shape index (κ3) is 4.23. The van der Waals surface area contributed by atoms with Crippen molar-refractivity contribution in [3.05, 3.63) is 35.1 Å². The van der Waals surface area contributed by atoms with Gasteiger partial charge in [-0.2, -0.15) is 0 Å². The molecule has 2 rings (SSSR count). The topological polar surface area (TPSA) is 131 Å². The first kappa shape index (κ1) is 16.4. The predicted octanol–water partition coefficient (Wildman–Crippen LogP) is 1.38. The van der Waals surface area contributed by atoms with E-state index in [-0.39, 0.29) is 28.7 Å². The van der Waals surface area contributed by atoms with Gasteiger partial charge in [0.05, 0.1) is 12.2 Å². The van der Waals surface area contributed by atoms with E-state index in [0.717, 1.165) is 23.7 Å². The Morgan fingerprint density at radius 2 is 2.09 bits per heavy atom. The van der Waals surface area contributed by atoms with Crippen LogP contribution in [0.15, 0.2) is 23.8 Å². The summed E-state index contributed by atoms with van der Waals surface area (Å²) in [6, 6.07) is 2.54. The van der Waals surface area contributed by atoms with Crippen LogP contribution in [-0.2, 0) is 4.74 Å². The van der Waals surface area contributed by atoms with Crippen LogP contribution in [0.1, 0.15) is 27.8 Å². The smallest absolute Gasteiger partial charge is 0.414 e. The first-order valence-electron chi connectivity index (χ1n) is 6.39. The Labute approximate surface area is 134 Å². The minimum absolute atomic E-state index is 0.0670. The van der Waals surface area contributed by atoms with Crippen molar-refractivity contribution in [1.82, 2.24) is 15.3 Å². The number of nitrogens with one attached hydrogen (secondary N) is 2. The highest BCUT2D eigenvalue weighted by Crippen LogP contribution is 2.24. The number of aromatic nitrogens is 2. The second-order valence-corrected chi connectivity index (χ2v) is 4.97. The molecule has 0 aliphatic rings. The molecule has 0 fully saturated rings. The molecule has 0 bridgehead atoms. The molecule has 2 aromatic rings. The van der Waals surface area contributed by atoms with Crippen LogP contribution in [0.4, 0.5) is 9.80 Å². The number of nitrogens with zero attached hydrogens (tertiary/aromatic N) is 2. The number of rotatable bonds is 4. The van der Waals surface area contributed by atoms with E-state index < -0.39 is 17.9 Å². The Morgan fingerprint density at radius 3 is 2.78 bits per heavy atom. The number of alkyl carbamates (subject to hydrolysis) is 1. The first-order chi connectivity index (χ1) is 11.0. The fraction of sp³-hybridized carbons (Fsp3) is 0.154. The molecule has 0 radical (unpaired) electrons. The lowest BCUT2D eigenvalue weighted by Gasteiger charge is -2.06. The van der Waals surface area contributed by atoms with Crippen molar-refractivity contribution in [3.63, 3.8) is 0 Å². The maximum absolute atomic E-state index is 12.0. The van der Waals surface area contributed by atoms with Crippen LogP contribution in [0, 0.1) is 0 Å². The zero-order chi connectivity index (χ0) is 16.8. The van der Waals surface area contributed by atoms with Gasteiger partial charge in [0.25, 0.3) is 11.8 Å². The van der Waals surface area contributed by atoms with E-state index in [1.807, 2.05) is 5.32 Å². The SMILES string of the molecule is CCOC(=O)NC(=O)c1ccsc1NC(=O)c1cc(O)ncn1. The van der Waals surface area contributed by atoms with E-state index in [1.165, 1.54) is 6.07 Å². The number of carbonyl (C=O) groups is 3. The minimum atomic E-state index is -0.873. The average Bonchev–Trinajstić information content (AvgIpc) is 2.95. The lowest BCUT2D eigenvalue weighted by Crippen LogP contribution is -2.31. The molecule has 0 aromatic carbocycles. The predicted molar refractivity (Wildman–Crippen MR) is 80.5 cm³/mol. The number of hydrogen-bond acceptors (Lipinski definition) is 8. The van der Waals surface area contributed by atoms with Gasteiger partial charge in [-0.05, 0) is 18.4 Å². The number of amides is 3. The molecule has 9 nitrogen and oxygen atoms in total. The summed E-state index contributed by atoms with van der Waals surface area (Å²) in [6.07, 6.45) is 0.161. The molecule has 2 heterocycles. The fourth-order valence-corrected chi connectivity index (χ4v) is 2.33. The quantitative estimate of drug-likeness (QED) is 0.768. The molecule has 0 saturated heterocycles. The Bertz CT molecular complexity index is 745. The summed E-state index contributed by atoms with van der Waals surface area (Å²) in [7, 11) is 0. The number of aromatic hydroxyl groups is 1. The molecule has 3 N–H and O–H groups in total. The zero-order valence-corrected chi connectivity index (χ0v) is 12.7. The van der Waals surface area contributed by atoms with E-state index in [4.69, 9.17) is 0 Å². The summed E-state index contributed by atoms with van der Waals surface area (Å²) < 4.78 is 4.61. The van der Waals surface area contributed by atoms with Gasteiger partial charge in [-0.3, -0.25) is 14.9 Å². The summed E-state index contributed by atoms with van der Waals surface area (Å²) in [6.45, 7) is 1.74. The van der Waals surface area contributed by atoms with Crippen molar-refractivity contribution in [2.45, 2.75) is 6.92 Å². The van der Waals surface area contributed by atoms with Crippen molar-refractivity contribution in [2.75, 3.05) is 11.9 Å². The number of thiophene rings is 1. The summed E-state index contributed by atoms with van der Waals surface area (Å²) in [4.78, 5) is 42.4. The van der Waals surface area contributed by atoms with Crippen molar-refractivity contribution < 1.29 is 24.2 Å². The van der Waals surface area contributed by atoms with Crippen LogP contribution in [0.2, 0.25) is 0 Å². The van der Waals surface area contributed by atoms with Gasteiger partial charge in [-0.1, -0.05) is 0 Å². The molecule has 0 saturated carbocycles. The second-order valence-electron chi connectivity index (χ2n) is 4.05. The minimum Gasteiger partial charge on any atom is -0.493 e. The van der Waals surface area contributed by atoms with E-state index in [0.29, 0.717) is 0 Å². The normalized spacial score (nSPS) is 9.96. The highest BCUT2D eigenvalue weighted by atomic mass is 32.1. The molecule has 0 aliphatic carbocycles. The molecule has 10 heteroatoms. The summed E-state index contributed by atoms with van der Waals surface area (Å²) in [5.41, 5.74) is 0.0392. The molecular formula is C13H12N4O5S. The number of imide groups is 1. The Morgan fingerprint density at radius 1 is 1.30 bits per heavy atom. The van der Waals surface area contributed by atoms with Gasteiger partial charge < -0.3 is 15.2 Å². The Kier molecular flexibility index (Phi) is 5.20. The van der Waals surface area contributed by atoms with Crippen molar-refractivity contribution >= 4 is 34.2 Å². The average molecular weight is 336 g/mol. The van der Waals surface area contributed by atoms with Crippen LogP contribution in [0.25, 0.3) is 0 Å². The molecule has 3 amide bonds. The molecule has 0 atom stereocenters. The van der Waals surface area contributed by atoms with Gasteiger partial charge >= 0.3 is 6.09 Å². The van der Waals surface area contributed by atoms with E-state index in [2.05, 4.69) is 20.0 Å². The van der Waals surface area contributed by atoms with Gasteiger partial charge in [-0.25, -0.2) is 14.8 Å². The standard InChI is InChI=1S/C13H12N4O5S/c1-2-22-13(21)17-10(19)7-3-4-23-12(7)16-11(20)8-5-9(18)15-6-14-8/h3-6H,2H2,1H3,(H,16,20)(H,14,15,18)(H,17,19,21). The maximum atomic E-state index is 12.0.